The summed E-state index contributed by atoms with van der Waals surface area (Å²) in [5.74, 6) is -4.53. The number of halogens is 5. The fourth-order valence-electron chi connectivity index (χ4n) is 1.27. The fraction of sp³-hybridized carbons (Fsp3) is 0.400. The van der Waals surface area contributed by atoms with E-state index in [1.807, 2.05) is 4.72 Å². The van der Waals surface area contributed by atoms with E-state index in [-0.39, 0.29) is 25.0 Å². The quantitative estimate of drug-likeness (QED) is 0.651. The van der Waals surface area contributed by atoms with Crippen molar-refractivity contribution in [2.24, 2.45) is 0 Å². The molecule has 0 heterocycles. The SMILES string of the molecule is CN(C)CCNS(=O)(=O)c1c(F)cc(F)c(Cl)c1F.Cl. The molecule has 1 rings (SSSR count). The zero-order valence-electron chi connectivity index (χ0n) is 10.6. The van der Waals surface area contributed by atoms with E-state index in [0.717, 1.165) is 0 Å². The lowest BCUT2D eigenvalue weighted by Gasteiger charge is -2.12. The van der Waals surface area contributed by atoms with Crippen molar-refractivity contribution in [3.05, 3.63) is 28.5 Å². The number of hydrogen-bond donors (Lipinski definition) is 1. The second-order valence-corrected chi connectivity index (χ2v) is 6.08. The van der Waals surface area contributed by atoms with E-state index in [2.05, 4.69) is 0 Å². The molecule has 0 amide bonds. The molecule has 20 heavy (non-hydrogen) atoms. The van der Waals surface area contributed by atoms with Crippen LogP contribution in [0.3, 0.4) is 0 Å². The van der Waals surface area contributed by atoms with Crippen LogP contribution >= 0.6 is 24.0 Å². The van der Waals surface area contributed by atoms with E-state index < -0.39 is 37.4 Å². The van der Waals surface area contributed by atoms with Crippen LogP contribution in [0.2, 0.25) is 5.02 Å². The summed E-state index contributed by atoms with van der Waals surface area (Å²) in [6.45, 7) is 0.278. The Morgan fingerprint density at radius 3 is 2.30 bits per heavy atom. The Morgan fingerprint density at radius 2 is 1.80 bits per heavy atom. The summed E-state index contributed by atoms with van der Waals surface area (Å²) in [6.07, 6.45) is 0. The molecule has 0 saturated heterocycles. The predicted octanol–water partition coefficient (Wildman–Crippen LogP) is 2.02. The van der Waals surface area contributed by atoms with Gasteiger partial charge in [0.05, 0.1) is 0 Å². The van der Waals surface area contributed by atoms with Crippen LogP contribution in [0.25, 0.3) is 0 Å². The van der Waals surface area contributed by atoms with Crippen molar-refractivity contribution >= 4 is 34.0 Å². The molecule has 0 aliphatic heterocycles. The molecule has 0 fully saturated rings. The molecular formula is C10H13Cl2F3N2O2S. The highest BCUT2D eigenvalue weighted by atomic mass is 35.5. The second-order valence-electron chi connectivity index (χ2n) is 4.00. The lowest BCUT2D eigenvalue weighted by atomic mass is 10.3. The van der Waals surface area contributed by atoms with Crippen LogP contribution in [0.5, 0.6) is 0 Å². The van der Waals surface area contributed by atoms with Gasteiger partial charge in [-0.15, -0.1) is 12.4 Å². The van der Waals surface area contributed by atoms with Gasteiger partial charge in [-0.05, 0) is 14.1 Å². The van der Waals surface area contributed by atoms with Gasteiger partial charge in [-0.25, -0.2) is 26.3 Å². The average Bonchev–Trinajstić information content (AvgIpc) is 2.24. The monoisotopic (exact) mass is 352 g/mol. The van der Waals surface area contributed by atoms with Gasteiger partial charge in [0.15, 0.2) is 10.7 Å². The minimum absolute atomic E-state index is 0. The van der Waals surface area contributed by atoms with Crippen LogP contribution in [0.15, 0.2) is 11.0 Å². The van der Waals surface area contributed by atoms with Crippen molar-refractivity contribution in [3.8, 4) is 0 Å². The van der Waals surface area contributed by atoms with Crippen LogP contribution < -0.4 is 4.72 Å². The molecule has 1 aromatic rings. The lowest BCUT2D eigenvalue weighted by molar-refractivity contribution is 0.411. The maximum Gasteiger partial charge on any atom is 0.246 e. The molecule has 0 radical (unpaired) electrons. The average molecular weight is 353 g/mol. The number of nitrogens with one attached hydrogen (secondary N) is 1. The maximum absolute atomic E-state index is 13.6. The Kier molecular flexibility index (Phi) is 7.26. The third-order valence-corrected chi connectivity index (χ3v) is 4.03. The van der Waals surface area contributed by atoms with Gasteiger partial charge >= 0.3 is 0 Å². The lowest BCUT2D eigenvalue weighted by Crippen LogP contribution is -2.32. The molecular weight excluding hydrogens is 340 g/mol. The molecule has 0 unspecified atom stereocenters. The molecule has 4 nitrogen and oxygen atoms in total. The predicted molar refractivity (Wildman–Crippen MR) is 72.3 cm³/mol. The largest absolute Gasteiger partial charge is 0.308 e. The summed E-state index contributed by atoms with van der Waals surface area (Å²) in [5.41, 5.74) is 0. The van der Waals surface area contributed by atoms with Crippen LogP contribution in [-0.2, 0) is 10.0 Å². The summed E-state index contributed by atoms with van der Waals surface area (Å²) in [5, 5.41) is -1.06. The van der Waals surface area contributed by atoms with Crippen molar-refractivity contribution in [1.82, 2.24) is 9.62 Å². The molecule has 0 atom stereocenters. The van der Waals surface area contributed by atoms with Crippen LogP contribution in [0.4, 0.5) is 13.2 Å². The fourth-order valence-corrected chi connectivity index (χ4v) is 2.63. The highest BCUT2D eigenvalue weighted by molar-refractivity contribution is 7.89. The van der Waals surface area contributed by atoms with Crippen molar-refractivity contribution < 1.29 is 21.6 Å². The second kappa shape index (κ2) is 7.46. The van der Waals surface area contributed by atoms with Crippen molar-refractivity contribution in [3.63, 3.8) is 0 Å². The molecule has 0 spiro atoms. The molecule has 0 aromatic heterocycles. The highest BCUT2D eigenvalue weighted by Gasteiger charge is 2.27. The summed E-state index contributed by atoms with van der Waals surface area (Å²) < 4.78 is 65.4. The van der Waals surface area contributed by atoms with E-state index in [4.69, 9.17) is 11.6 Å². The number of likely N-dealkylation sites (N-methyl/N-ethyl adjacent to an activating group) is 1. The van der Waals surface area contributed by atoms with Gasteiger partial charge in [0.2, 0.25) is 10.0 Å². The van der Waals surface area contributed by atoms with Crippen molar-refractivity contribution in [2.75, 3.05) is 27.2 Å². The van der Waals surface area contributed by atoms with E-state index in [1.54, 1.807) is 19.0 Å². The van der Waals surface area contributed by atoms with Crippen molar-refractivity contribution in [2.45, 2.75) is 4.90 Å². The minimum Gasteiger partial charge on any atom is -0.308 e. The minimum atomic E-state index is -4.43. The summed E-state index contributed by atoms with van der Waals surface area (Å²) in [4.78, 5) is 0.394. The third-order valence-electron chi connectivity index (χ3n) is 2.19. The molecule has 0 aliphatic carbocycles. The summed E-state index contributed by atoms with van der Waals surface area (Å²) in [6, 6.07) is 0.228. The summed E-state index contributed by atoms with van der Waals surface area (Å²) in [7, 11) is -1.04. The van der Waals surface area contributed by atoms with E-state index in [0.29, 0.717) is 6.54 Å². The maximum atomic E-state index is 13.6. The first-order valence-corrected chi connectivity index (χ1v) is 7.00. The Hall–Kier alpha value is -0.540. The molecule has 0 saturated carbocycles. The van der Waals surface area contributed by atoms with Gasteiger partial charge in [-0.1, -0.05) is 11.6 Å². The van der Waals surface area contributed by atoms with Crippen LogP contribution in [0.1, 0.15) is 0 Å². The van der Waals surface area contributed by atoms with Crippen LogP contribution in [0, 0.1) is 17.5 Å². The van der Waals surface area contributed by atoms with E-state index in [1.165, 1.54) is 0 Å². The topological polar surface area (TPSA) is 49.4 Å². The van der Waals surface area contributed by atoms with E-state index in [9.17, 15) is 21.6 Å². The van der Waals surface area contributed by atoms with Gasteiger partial charge < -0.3 is 4.90 Å². The summed E-state index contributed by atoms with van der Waals surface area (Å²) >= 11 is 5.23. The molecule has 0 aliphatic rings. The van der Waals surface area contributed by atoms with Gasteiger partial charge in [0, 0.05) is 19.2 Å². The first-order valence-electron chi connectivity index (χ1n) is 5.14. The standard InChI is InChI=1S/C10H12ClF3N2O2S.ClH/c1-16(2)4-3-15-19(17,18)10-7(13)5-6(12)8(11)9(10)14;/h5,15H,3-4H2,1-2H3;1H. The van der Waals surface area contributed by atoms with Gasteiger partial charge in [0.1, 0.15) is 16.7 Å². The number of benzene rings is 1. The van der Waals surface area contributed by atoms with Gasteiger partial charge in [-0.2, -0.15) is 0 Å². The number of rotatable bonds is 5. The normalized spacial score (nSPS) is 11.6. The Labute approximate surface area is 126 Å². The Balaban J connectivity index is 0.00000361. The van der Waals surface area contributed by atoms with Crippen LogP contribution in [-0.4, -0.2) is 40.5 Å². The Morgan fingerprint density at radius 1 is 1.25 bits per heavy atom. The molecule has 0 bridgehead atoms. The molecule has 10 heteroatoms. The first-order chi connectivity index (χ1) is 8.66. The number of nitrogens with zero attached hydrogens (tertiary/aromatic N) is 1. The number of hydrogen-bond acceptors (Lipinski definition) is 3. The van der Waals surface area contributed by atoms with Gasteiger partial charge in [-0.3, -0.25) is 0 Å². The smallest absolute Gasteiger partial charge is 0.246 e. The zero-order valence-corrected chi connectivity index (χ0v) is 13.0. The number of sulfonamides is 1. The van der Waals surface area contributed by atoms with Crippen molar-refractivity contribution in [1.29, 1.82) is 0 Å². The molecule has 116 valence electrons. The first kappa shape index (κ1) is 19.5. The van der Waals surface area contributed by atoms with Gasteiger partial charge in [0.25, 0.3) is 0 Å². The van der Waals surface area contributed by atoms with E-state index >= 15 is 0 Å². The third kappa shape index (κ3) is 4.49. The molecule has 1 aromatic carbocycles. The molecule has 1 N–H and O–H groups in total. The zero-order chi connectivity index (χ0) is 14.8. The highest BCUT2D eigenvalue weighted by Crippen LogP contribution is 2.27. The Bertz CT molecular complexity index is 582.